The van der Waals surface area contributed by atoms with Crippen molar-refractivity contribution >= 4 is 15.7 Å². The molecule has 8 heteroatoms. The van der Waals surface area contributed by atoms with E-state index in [1.54, 1.807) is 17.1 Å². The van der Waals surface area contributed by atoms with Gasteiger partial charge in [0, 0.05) is 37.9 Å². The van der Waals surface area contributed by atoms with E-state index >= 15 is 0 Å². The van der Waals surface area contributed by atoms with Crippen LogP contribution in [0.15, 0.2) is 42.9 Å². The van der Waals surface area contributed by atoms with Gasteiger partial charge in [-0.3, -0.25) is 14.3 Å². The van der Waals surface area contributed by atoms with Gasteiger partial charge in [-0.05, 0) is 18.6 Å². The van der Waals surface area contributed by atoms with Crippen LogP contribution in [0.3, 0.4) is 0 Å². The van der Waals surface area contributed by atoms with Gasteiger partial charge >= 0.3 is 0 Å². The summed E-state index contributed by atoms with van der Waals surface area (Å²) < 4.78 is 25.2. The molecule has 0 bridgehead atoms. The maximum atomic E-state index is 12.9. The largest absolute Gasteiger partial charge is 0.335 e. The van der Waals surface area contributed by atoms with Crippen molar-refractivity contribution in [3.8, 4) is 5.69 Å². The minimum absolute atomic E-state index is 0.0370. The minimum Gasteiger partial charge on any atom is -0.335 e. The Morgan fingerprint density at radius 3 is 2.46 bits per heavy atom. The molecular formula is C18H22N4O3S. The second kappa shape index (κ2) is 6.85. The summed E-state index contributed by atoms with van der Waals surface area (Å²) in [5.41, 5.74) is 1.45. The Morgan fingerprint density at radius 2 is 1.81 bits per heavy atom. The van der Waals surface area contributed by atoms with Gasteiger partial charge in [-0.25, -0.2) is 13.4 Å². The zero-order valence-electron chi connectivity index (χ0n) is 14.5. The molecule has 0 N–H and O–H groups in total. The Morgan fingerprint density at radius 1 is 1.08 bits per heavy atom. The molecule has 0 radical (unpaired) electrons. The third kappa shape index (κ3) is 3.39. The van der Waals surface area contributed by atoms with Gasteiger partial charge in [-0.2, -0.15) is 0 Å². The number of hydrogen-bond donors (Lipinski definition) is 0. The van der Waals surface area contributed by atoms with Crippen molar-refractivity contribution in [2.24, 2.45) is 0 Å². The zero-order valence-corrected chi connectivity index (χ0v) is 15.3. The van der Waals surface area contributed by atoms with Crippen LogP contribution < -0.4 is 0 Å². The standard InChI is InChI=1S/C18H22N4O3S/c23-18(17-12-19-14-22(17)15-4-2-1-3-5-15)21-9-7-20(8-10-21)16-6-11-26(24,25)13-16/h1-5,12,14,16H,6-11,13H2/t16-/m1/s1. The third-order valence-electron chi connectivity index (χ3n) is 5.22. The second-order valence-corrected chi connectivity index (χ2v) is 9.10. The second-order valence-electron chi connectivity index (χ2n) is 6.87. The number of amides is 1. The van der Waals surface area contributed by atoms with Gasteiger partial charge in [0.1, 0.15) is 5.69 Å². The lowest BCUT2D eigenvalue weighted by molar-refractivity contribution is 0.0580. The van der Waals surface area contributed by atoms with Crippen molar-refractivity contribution < 1.29 is 13.2 Å². The van der Waals surface area contributed by atoms with Crippen LogP contribution in [0.5, 0.6) is 0 Å². The number of para-hydroxylation sites is 1. The predicted molar refractivity (Wildman–Crippen MR) is 98.1 cm³/mol. The van der Waals surface area contributed by atoms with E-state index in [0.29, 0.717) is 38.3 Å². The molecule has 2 saturated heterocycles. The summed E-state index contributed by atoms with van der Waals surface area (Å²) in [4.78, 5) is 21.1. The van der Waals surface area contributed by atoms with Gasteiger partial charge in [0.25, 0.3) is 5.91 Å². The van der Waals surface area contributed by atoms with Crippen LogP contribution in [0.25, 0.3) is 5.69 Å². The first-order valence-corrected chi connectivity index (χ1v) is 10.7. The van der Waals surface area contributed by atoms with Crippen LogP contribution in [0.4, 0.5) is 0 Å². The molecule has 2 fully saturated rings. The highest BCUT2D eigenvalue weighted by Crippen LogP contribution is 2.20. The maximum Gasteiger partial charge on any atom is 0.272 e. The van der Waals surface area contributed by atoms with E-state index in [4.69, 9.17) is 0 Å². The van der Waals surface area contributed by atoms with E-state index in [0.717, 1.165) is 5.69 Å². The molecule has 0 aliphatic carbocycles. The Balaban J connectivity index is 1.43. The summed E-state index contributed by atoms with van der Waals surface area (Å²) in [6.07, 6.45) is 3.96. The first-order valence-electron chi connectivity index (χ1n) is 8.85. The molecule has 26 heavy (non-hydrogen) atoms. The quantitative estimate of drug-likeness (QED) is 0.795. The van der Waals surface area contributed by atoms with Crippen LogP contribution in [0, 0.1) is 0 Å². The predicted octanol–water partition coefficient (Wildman–Crippen LogP) is 0.817. The van der Waals surface area contributed by atoms with Crippen molar-refractivity contribution in [1.29, 1.82) is 0 Å². The zero-order chi connectivity index (χ0) is 18.1. The molecule has 0 saturated carbocycles. The smallest absolute Gasteiger partial charge is 0.272 e. The topological polar surface area (TPSA) is 75.5 Å². The molecule has 0 spiro atoms. The summed E-state index contributed by atoms with van der Waals surface area (Å²) in [5.74, 6) is 0.500. The highest BCUT2D eigenvalue weighted by Gasteiger charge is 2.34. The first kappa shape index (κ1) is 17.2. The number of imidazole rings is 1. The number of sulfone groups is 1. The fourth-order valence-corrected chi connectivity index (χ4v) is 5.52. The SMILES string of the molecule is O=C(c1cncn1-c1ccccc1)N1CCN([C@@H]2CCS(=O)(=O)C2)CC1. The highest BCUT2D eigenvalue weighted by atomic mass is 32.2. The first-order chi connectivity index (χ1) is 12.5. The molecule has 1 aromatic carbocycles. The van der Waals surface area contributed by atoms with E-state index in [-0.39, 0.29) is 23.5 Å². The maximum absolute atomic E-state index is 12.9. The molecule has 2 aliphatic heterocycles. The normalized spacial score (nSPS) is 23.2. The Labute approximate surface area is 153 Å². The van der Waals surface area contributed by atoms with E-state index in [1.165, 1.54) is 0 Å². The van der Waals surface area contributed by atoms with Crippen LogP contribution in [-0.4, -0.2) is 77.4 Å². The lowest BCUT2D eigenvalue weighted by atomic mass is 10.2. The molecule has 7 nitrogen and oxygen atoms in total. The summed E-state index contributed by atoms with van der Waals surface area (Å²) in [6, 6.07) is 9.78. The number of aromatic nitrogens is 2. The number of hydrogen-bond acceptors (Lipinski definition) is 5. The molecule has 138 valence electrons. The number of piperazine rings is 1. The molecule has 2 aromatic rings. The summed E-state index contributed by atoms with van der Waals surface area (Å²) >= 11 is 0. The number of benzene rings is 1. The number of nitrogens with zero attached hydrogens (tertiary/aromatic N) is 4. The van der Waals surface area contributed by atoms with Crippen molar-refractivity contribution in [2.75, 3.05) is 37.7 Å². The van der Waals surface area contributed by atoms with Crippen molar-refractivity contribution in [2.45, 2.75) is 12.5 Å². The summed E-state index contributed by atoms with van der Waals surface area (Å²) in [7, 11) is -2.88. The van der Waals surface area contributed by atoms with Gasteiger partial charge < -0.3 is 4.90 Å². The van der Waals surface area contributed by atoms with E-state index in [2.05, 4.69) is 9.88 Å². The third-order valence-corrected chi connectivity index (χ3v) is 6.97. The molecule has 0 unspecified atom stereocenters. The lowest BCUT2D eigenvalue weighted by Gasteiger charge is -2.37. The molecule has 2 aliphatic rings. The van der Waals surface area contributed by atoms with Gasteiger partial charge in [0.2, 0.25) is 0 Å². The monoisotopic (exact) mass is 374 g/mol. The lowest BCUT2D eigenvalue weighted by Crippen LogP contribution is -2.52. The van der Waals surface area contributed by atoms with E-state index in [1.807, 2.05) is 35.2 Å². The molecule has 3 heterocycles. The van der Waals surface area contributed by atoms with Crippen LogP contribution in [0.1, 0.15) is 16.9 Å². The van der Waals surface area contributed by atoms with Crippen molar-refractivity contribution in [3.05, 3.63) is 48.5 Å². The average Bonchev–Trinajstić information content (AvgIpc) is 3.28. The van der Waals surface area contributed by atoms with Gasteiger partial charge in [-0.1, -0.05) is 18.2 Å². The fraction of sp³-hybridized carbons (Fsp3) is 0.444. The van der Waals surface area contributed by atoms with Crippen LogP contribution >= 0.6 is 0 Å². The Kier molecular flexibility index (Phi) is 4.54. The highest BCUT2D eigenvalue weighted by molar-refractivity contribution is 7.91. The molecule has 1 aromatic heterocycles. The molecular weight excluding hydrogens is 352 g/mol. The van der Waals surface area contributed by atoms with Gasteiger partial charge in [-0.15, -0.1) is 0 Å². The summed E-state index contributed by atoms with van der Waals surface area (Å²) in [5, 5.41) is 0. The average molecular weight is 374 g/mol. The van der Waals surface area contributed by atoms with Gasteiger partial charge in [0.05, 0.1) is 24.0 Å². The van der Waals surface area contributed by atoms with Crippen LogP contribution in [-0.2, 0) is 9.84 Å². The van der Waals surface area contributed by atoms with E-state index in [9.17, 15) is 13.2 Å². The number of rotatable bonds is 3. The van der Waals surface area contributed by atoms with Gasteiger partial charge in [0.15, 0.2) is 9.84 Å². The molecule has 1 amide bonds. The minimum atomic E-state index is -2.88. The molecule has 4 rings (SSSR count). The summed E-state index contributed by atoms with van der Waals surface area (Å²) in [6.45, 7) is 2.64. The fourth-order valence-electron chi connectivity index (χ4n) is 3.76. The molecule has 1 atom stereocenters. The van der Waals surface area contributed by atoms with E-state index < -0.39 is 9.84 Å². The number of carbonyl (C=O) groups excluding carboxylic acids is 1. The number of carbonyl (C=O) groups is 1. The van der Waals surface area contributed by atoms with Crippen molar-refractivity contribution in [3.63, 3.8) is 0 Å². The Bertz CT molecular complexity index is 886. The van der Waals surface area contributed by atoms with Crippen molar-refractivity contribution in [1.82, 2.24) is 19.4 Å². The Hall–Kier alpha value is -2.19. The van der Waals surface area contributed by atoms with Crippen LogP contribution in [0.2, 0.25) is 0 Å².